The van der Waals surface area contributed by atoms with Crippen LogP contribution in [0.2, 0.25) is 0 Å². The van der Waals surface area contributed by atoms with Crippen molar-refractivity contribution in [2.45, 2.75) is 6.54 Å². The third-order valence-corrected chi connectivity index (χ3v) is 3.04. The Bertz CT molecular complexity index is 865. The molecule has 3 rings (SSSR count). The van der Waals surface area contributed by atoms with E-state index in [0.717, 1.165) is 0 Å². The lowest BCUT2D eigenvalue weighted by molar-refractivity contribution is -0.116. The van der Waals surface area contributed by atoms with Crippen molar-refractivity contribution in [3.8, 4) is 0 Å². The largest absolute Gasteiger partial charge is 0.308 e. The molecule has 0 saturated carbocycles. The lowest BCUT2D eigenvalue weighted by Gasteiger charge is -2.08. The lowest BCUT2D eigenvalue weighted by Crippen LogP contribution is -2.22. The molecule has 0 aliphatic heterocycles. The lowest BCUT2D eigenvalue weighted by atomic mass is 10.2. The number of aromatic nitrogens is 4. The second-order valence-electron chi connectivity index (χ2n) is 4.61. The van der Waals surface area contributed by atoms with Gasteiger partial charge in [-0.25, -0.2) is 0 Å². The summed E-state index contributed by atoms with van der Waals surface area (Å²) in [6.07, 6.45) is 2.96. The summed E-state index contributed by atoms with van der Waals surface area (Å²) in [4.78, 5) is 23.7. The van der Waals surface area contributed by atoms with Crippen molar-refractivity contribution in [2.75, 3.05) is 5.32 Å². The van der Waals surface area contributed by atoms with E-state index in [0.29, 0.717) is 16.7 Å². The zero-order valence-corrected chi connectivity index (χ0v) is 11.4. The second-order valence-corrected chi connectivity index (χ2v) is 4.61. The summed E-state index contributed by atoms with van der Waals surface area (Å²) < 4.78 is 3.09. The van der Waals surface area contributed by atoms with Crippen LogP contribution in [0, 0.1) is 0 Å². The number of hydrogen-bond acceptors (Lipinski definition) is 4. The van der Waals surface area contributed by atoms with Gasteiger partial charge in [0.1, 0.15) is 6.54 Å². The van der Waals surface area contributed by atoms with Gasteiger partial charge in [-0.1, -0.05) is 12.1 Å². The normalized spacial score (nSPS) is 10.7. The number of para-hydroxylation sites is 1. The first-order chi connectivity index (χ1) is 10.1. The Balaban J connectivity index is 1.86. The van der Waals surface area contributed by atoms with Crippen molar-refractivity contribution >= 4 is 22.6 Å². The average Bonchev–Trinajstić information content (AvgIpc) is 2.87. The first-order valence-electron chi connectivity index (χ1n) is 6.38. The molecule has 0 aliphatic carbocycles. The van der Waals surface area contributed by atoms with Gasteiger partial charge >= 0.3 is 0 Å². The number of carbonyl (C=O) groups excluding carboxylic acids is 1. The van der Waals surface area contributed by atoms with Gasteiger partial charge in [-0.2, -0.15) is 10.2 Å². The molecule has 0 bridgehead atoms. The van der Waals surface area contributed by atoms with E-state index in [1.54, 1.807) is 48.3 Å². The minimum atomic E-state index is -0.255. The molecule has 0 saturated heterocycles. The molecule has 3 aromatic rings. The Morgan fingerprint density at radius 2 is 2.10 bits per heavy atom. The van der Waals surface area contributed by atoms with E-state index in [9.17, 15) is 9.59 Å². The quantitative estimate of drug-likeness (QED) is 0.769. The van der Waals surface area contributed by atoms with Crippen molar-refractivity contribution < 1.29 is 4.79 Å². The van der Waals surface area contributed by atoms with E-state index in [1.807, 2.05) is 0 Å². The van der Waals surface area contributed by atoms with Crippen LogP contribution in [0.1, 0.15) is 0 Å². The number of nitrogens with zero attached hydrogens (tertiary/aromatic N) is 4. The van der Waals surface area contributed by atoms with Gasteiger partial charge in [-0.15, -0.1) is 0 Å². The van der Waals surface area contributed by atoms with Gasteiger partial charge in [0, 0.05) is 24.7 Å². The molecule has 7 nitrogen and oxygen atoms in total. The minimum absolute atomic E-state index is 0.0113. The number of benzene rings is 1. The number of rotatable bonds is 3. The Morgan fingerprint density at radius 3 is 2.86 bits per heavy atom. The Kier molecular flexibility index (Phi) is 3.23. The molecule has 2 aromatic heterocycles. The third-order valence-electron chi connectivity index (χ3n) is 3.04. The van der Waals surface area contributed by atoms with Gasteiger partial charge in [0.05, 0.1) is 11.7 Å². The van der Waals surface area contributed by atoms with Crippen molar-refractivity contribution in [3.05, 3.63) is 52.9 Å². The zero-order valence-electron chi connectivity index (χ0n) is 11.4. The molecule has 21 heavy (non-hydrogen) atoms. The highest BCUT2D eigenvalue weighted by atomic mass is 16.2. The molecule has 106 valence electrons. The standard InChI is InChI=1S/C14H13N5O2/c1-18-7-6-13(17-18)16-14(21)9-19-11-5-3-2-4-10(11)12(20)8-15-19/h2-8H,9H2,1H3,(H,16,17,21). The minimum Gasteiger partial charge on any atom is -0.308 e. The Labute approximate surface area is 119 Å². The van der Waals surface area contributed by atoms with E-state index < -0.39 is 0 Å². The predicted octanol–water partition coefficient (Wildman–Crippen LogP) is 0.769. The Morgan fingerprint density at radius 1 is 1.29 bits per heavy atom. The molecule has 7 heteroatoms. The van der Waals surface area contributed by atoms with Crippen molar-refractivity contribution in [1.82, 2.24) is 19.6 Å². The topological polar surface area (TPSA) is 81.8 Å². The summed E-state index contributed by atoms with van der Waals surface area (Å²) in [5.74, 6) is 0.225. The van der Waals surface area contributed by atoms with Gasteiger partial charge in [0.15, 0.2) is 5.82 Å². The maximum Gasteiger partial charge on any atom is 0.247 e. The molecule has 1 amide bonds. The summed E-state index contributed by atoms with van der Waals surface area (Å²) in [6.45, 7) is 0.0113. The monoisotopic (exact) mass is 283 g/mol. The smallest absolute Gasteiger partial charge is 0.247 e. The van der Waals surface area contributed by atoms with Gasteiger partial charge in [-0.05, 0) is 12.1 Å². The number of amides is 1. The summed E-state index contributed by atoms with van der Waals surface area (Å²) in [7, 11) is 1.77. The number of fused-ring (bicyclic) bond motifs is 1. The van der Waals surface area contributed by atoms with E-state index in [2.05, 4.69) is 15.5 Å². The van der Waals surface area contributed by atoms with E-state index >= 15 is 0 Å². The van der Waals surface area contributed by atoms with Crippen molar-refractivity contribution in [3.63, 3.8) is 0 Å². The van der Waals surface area contributed by atoms with Crippen LogP contribution < -0.4 is 10.7 Å². The van der Waals surface area contributed by atoms with E-state index in [1.165, 1.54) is 10.9 Å². The number of aryl methyl sites for hydroxylation is 1. The fourth-order valence-electron chi connectivity index (χ4n) is 2.09. The first-order valence-corrected chi connectivity index (χ1v) is 6.38. The van der Waals surface area contributed by atoms with Crippen LogP contribution >= 0.6 is 0 Å². The van der Waals surface area contributed by atoms with Gasteiger partial charge in [0.25, 0.3) is 0 Å². The summed E-state index contributed by atoms with van der Waals surface area (Å²) >= 11 is 0. The molecular weight excluding hydrogens is 270 g/mol. The van der Waals surface area contributed by atoms with Crippen LogP contribution in [0.15, 0.2) is 47.5 Å². The highest BCUT2D eigenvalue weighted by Gasteiger charge is 2.09. The molecule has 2 heterocycles. The molecule has 0 radical (unpaired) electrons. The maximum absolute atomic E-state index is 12.0. The van der Waals surface area contributed by atoms with Crippen LogP contribution in [0.4, 0.5) is 5.82 Å². The fourth-order valence-corrected chi connectivity index (χ4v) is 2.09. The van der Waals surface area contributed by atoms with Crippen LogP contribution in [-0.4, -0.2) is 25.5 Å². The van der Waals surface area contributed by atoms with Crippen LogP contribution in [0.3, 0.4) is 0 Å². The van der Waals surface area contributed by atoms with Crippen molar-refractivity contribution in [1.29, 1.82) is 0 Å². The molecule has 0 aliphatic rings. The first kappa shape index (κ1) is 13.0. The molecule has 1 N–H and O–H groups in total. The van der Waals surface area contributed by atoms with Gasteiger partial charge in [-0.3, -0.25) is 19.0 Å². The molecule has 0 spiro atoms. The summed E-state index contributed by atoms with van der Waals surface area (Å²) in [5.41, 5.74) is 0.466. The summed E-state index contributed by atoms with van der Waals surface area (Å²) in [5, 5.41) is 11.3. The summed E-state index contributed by atoms with van der Waals surface area (Å²) in [6, 6.07) is 8.76. The van der Waals surface area contributed by atoms with E-state index in [4.69, 9.17) is 0 Å². The van der Waals surface area contributed by atoms with Gasteiger partial charge in [0.2, 0.25) is 11.3 Å². The Hall–Kier alpha value is -2.96. The zero-order chi connectivity index (χ0) is 14.8. The van der Waals surface area contributed by atoms with Gasteiger partial charge < -0.3 is 5.32 Å². The van der Waals surface area contributed by atoms with Crippen LogP contribution in [0.25, 0.3) is 10.9 Å². The van der Waals surface area contributed by atoms with Crippen LogP contribution in [0.5, 0.6) is 0 Å². The highest BCUT2D eigenvalue weighted by molar-refractivity contribution is 5.90. The van der Waals surface area contributed by atoms with Crippen LogP contribution in [-0.2, 0) is 18.4 Å². The molecule has 0 fully saturated rings. The van der Waals surface area contributed by atoms with Crippen molar-refractivity contribution in [2.24, 2.45) is 7.05 Å². The van der Waals surface area contributed by atoms with E-state index in [-0.39, 0.29) is 17.9 Å². The number of nitrogens with one attached hydrogen (secondary N) is 1. The fraction of sp³-hybridized carbons (Fsp3) is 0.143. The molecular formula is C14H13N5O2. The predicted molar refractivity (Wildman–Crippen MR) is 77.8 cm³/mol. The number of hydrogen-bond donors (Lipinski definition) is 1. The second kappa shape index (κ2) is 5.20. The average molecular weight is 283 g/mol. The molecule has 0 unspecified atom stereocenters. The highest BCUT2D eigenvalue weighted by Crippen LogP contribution is 2.08. The number of carbonyl (C=O) groups is 1. The number of anilines is 1. The third kappa shape index (κ3) is 2.66. The molecule has 1 aromatic carbocycles. The maximum atomic E-state index is 12.0. The SMILES string of the molecule is Cn1ccc(NC(=O)Cn2ncc(=O)c3ccccc32)n1. The molecule has 0 atom stereocenters.